The summed E-state index contributed by atoms with van der Waals surface area (Å²) in [5.41, 5.74) is 1.55. The fourth-order valence-electron chi connectivity index (χ4n) is 1.66. The van der Waals surface area contributed by atoms with Gasteiger partial charge in [-0.3, -0.25) is 9.78 Å². The van der Waals surface area contributed by atoms with Crippen LogP contribution in [-0.4, -0.2) is 23.2 Å². The standard InChI is InChI=1S/C13H13NO3/c1-17-13(16)8-12(15)10-4-5-11-9(7-10)3-2-6-14-11/h2-7,12,15H,8H2,1H3/t12-/m1/s1. The van der Waals surface area contributed by atoms with Gasteiger partial charge in [-0.1, -0.05) is 12.1 Å². The molecule has 1 aromatic heterocycles. The van der Waals surface area contributed by atoms with Gasteiger partial charge in [0.2, 0.25) is 0 Å². The average Bonchev–Trinajstić information content (AvgIpc) is 2.38. The van der Waals surface area contributed by atoms with Crippen LogP contribution in [0.1, 0.15) is 18.1 Å². The molecule has 0 aliphatic heterocycles. The molecule has 1 aromatic carbocycles. The van der Waals surface area contributed by atoms with E-state index in [9.17, 15) is 9.90 Å². The maximum atomic E-state index is 11.1. The van der Waals surface area contributed by atoms with E-state index < -0.39 is 12.1 Å². The number of aromatic nitrogens is 1. The van der Waals surface area contributed by atoms with E-state index in [1.807, 2.05) is 24.3 Å². The summed E-state index contributed by atoms with van der Waals surface area (Å²) in [6.45, 7) is 0. The largest absolute Gasteiger partial charge is 0.469 e. The maximum absolute atomic E-state index is 11.1. The van der Waals surface area contributed by atoms with Crippen molar-refractivity contribution in [2.24, 2.45) is 0 Å². The minimum Gasteiger partial charge on any atom is -0.469 e. The monoisotopic (exact) mass is 231 g/mol. The molecule has 0 spiro atoms. The van der Waals surface area contributed by atoms with Crippen molar-refractivity contribution in [2.75, 3.05) is 7.11 Å². The minimum atomic E-state index is -0.841. The number of aliphatic hydroxyl groups is 1. The molecular formula is C13H13NO3. The first-order valence-corrected chi connectivity index (χ1v) is 5.30. The van der Waals surface area contributed by atoms with Gasteiger partial charge in [0.1, 0.15) is 0 Å². The third-order valence-electron chi connectivity index (χ3n) is 2.60. The van der Waals surface area contributed by atoms with Gasteiger partial charge in [0.25, 0.3) is 0 Å². The van der Waals surface area contributed by atoms with Gasteiger partial charge in [-0.25, -0.2) is 0 Å². The van der Waals surface area contributed by atoms with Crippen LogP contribution in [0.15, 0.2) is 36.5 Å². The molecule has 0 aliphatic rings. The molecule has 0 radical (unpaired) electrons. The summed E-state index contributed by atoms with van der Waals surface area (Å²) in [4.78, 5) is 15.3. The number of hydrogen-bond donors (Lipinski definition) is 1. The molecule has 0 bridgehead atoms. The molecule has 0 amide bonds. The third-order valence-corrected chi connectivity index (χ3v) is 2.60. The number of fused-ring (bicyclic) bond motifs is 1. The predicted octanol–water partition coefficient (Wildman–Crippen LogP) is 1.83. The van der Waals surface area contributed by atoms with E-state index in [4.69, 9.17) is 0 Å². The molecule has 0 saturated heterocycles. The van der Waals surface area contributed by atoms with Crippen molar-refractivity contribution >= 4 is 16.9 Å². The highest BCUT2D eigenvalue weighted by atomic mass is 16.5. The molecule has 0 aliphatic carbocycles. The molecule has 2 rings (SSSR count). The van der Waals surface area contributed by atoms with Crippen LogP contribution in [0.3, 0.4) is 0 Å². The molecule has 0 unspecified atom stereocenters. The molecule has 0 saturated carbocycles. The highest BCUT2D eigenvalue weighted by Gasteiger charge is 2.13. The number of aliphatic hydroxyl groups excluding tert-OH is 1. The molecule has 4 heteroatoms. The highest BCUT2D eigenvalue weighted by molar-refractivity contribution is 5.79. The van der Waals surface area contributed by atoms with Gasteiger partial charge in [0.15, 0.2) is 0 Å². The van der Waals surface area contributed by atoms with Crippen LogP contribution < -0.4 is 0 Å². The topological polar surface area (TPSA) is 59.4 Å². The summed E-state index contributed by atoms with van der Waals surface area (Å²) in [6.07, 6.45) is 0.835. The minimum absolute atomic E-state index is 0.0394. The first-order chi connectivity index (χ1) is 8.20. The average molecular weight is 231 g/mol. The molecular weight excluding hydrogens is 218 g/mol. The Hall–Kier alpha value is -1.94. The second-order valence-electron chi connectivity index (χ2n) is 3.75. The summed E-state index contributed by atoms with van der Waals surface area (Å²) in [5, 5.41) is 10.8. The smallest absolute Gasteiger partial charge is 0.308 e. The predicted molar refractivity (Wildman–Crippen MR) is 63.3 cm³/mol. The van der Waals surface area contributed by atoms with Gasteiger partial charge >= 0.3 is 5.97 Å². The van der Waals surface area contributed by atoms with Gasteiger partial charge in [-0.05, 0) is 23.8 Å². The Labute approximate surface area is 98.9 Å². The van der Waals surface area contributed by atoms with E-state index in [2.05, 4.69) is 9.72 Å². The number of methoxy groups -OCH3 is 1. The molecule has 2 aromatic rings. The lowest BCUT2D eigenvalue weighted by Crippen LogP contribution is -2.07. The lowest BCUT2D eigenvalue weighted by atomic mass is 10.0. The zero-order valence-corrected chi connectivity index (χ0v) is 9.46. The Kier molecular flexibility index (Phi) is 3.35. The van der Waals surface area contributed by atoms with Gasteiger partial charge in [-0.2, -0.15) is 0 Å². The van der Waals surface area contributed by atoms with Crippen molar-refractivity contribution in [3.8, 4) is 0 Å². The number of hydrogen-bond acceptors (Lipinski definition) is 4. The van der Waals surface area contributed by atoms with Crippen molar-refractivity contribution < 1.29 is 14.6 Å². The van der Waals surface area contributed by atoms with E-state index >= 15 is 0 Å². The number of rotatable bonds is 3. The summed E-state index contributed by atoms with van der Waals surface area (Å²) < 4.78 is 4.52. The lowest BCUT2D eigenvalue weighted by molar-refractivity contribution is -0.142. The number of ether oxygens (including phenoxy) is 1. The van der Waals surface area contributed by atoms with Crippen molar-refractivity contribution in [3.05, 3.63) is 42.1 Å². The molecule has 4 nitrogen and oxygen atoms in total. The van der Waals surface area contributed by atoms with Crippen molar-refractivity contribution in [2.45, 2.75) is 12.5 Å². The number of pyridine rings is 1. The lowest BCUT2D eigenvalue weighted by Gasteiger charge is -2.10. The fourth-order valence-corrected chi connectivity index (χ4v) is 1.66. The maximum Gasteiger partial charge on any atom is 0.308 e. The van der Waals surface area contributed by atoms with E-state index in [1.165, 1.54) is 7.11 Å². The first kappa shape index (κ1) is 11.5. The van der Waals surface area contributed by atoms with Gasteiger partial charge in [0.05, 0.1) is 25.2 Å². The molecule has 0 fully saturated rings. The third kappa shape index (κ3) is 2.60. The van der Waals surface area contributed by atoms with Crippen LogP contribution >= 0.6 is 0 Å². The second-order valence-corrected chi connectivity index (χ2v) is 3.75. The summed E-state index contributed by atoms with van der Waals surface area (Å²) in [5.74, 6) is -0.427. The number of nitrogens with zero attached hydrogens (tertiary/aromatic N) is 1. The van der Waals surface area contributed by atoms with Crippen molar-refractivity contribution in [1.82, 2.24) is 4.98 Å². The summed E-state index contributed by atoms with van der Waals surface area (Å²) >= 11 is 0. The van der Waals surface area contributed by atoms with Gasteiger partial charge < -0.3 is 9.84 Å². The molecule has 1 N–H and O–H groups in total. The van der Waals surface area contributed by atoms with Crippen LogP contribution in [0.2, 0.25) is 0 Å². The molecule has 88 valence electrons. The molecule has 1 heterocycles. The van der Waals surface area contributed by atoms with Gasteiger partial charge in [-0.15, -0.1) is 0 Å². The summed E-state index contributed by atoms with van der Waals surface area (Å²) in [6, 6.07) is 9.17. The number of benzene rings is 1. The Morgan fingerprint density at radius 2 is 2.29 bits per heavy atom. The van der Waals surface area contributed by atoms with Crippen molar-refractivity contribution in [3.63, 3.8) is 0 Å². The van der Waals surface area contributed by atoms with Crippen LogP contribution in [0.25, 0.3) is 10.9 Å². The van der Waals surface area contributed by atoms with E-state index in [1.54, 1.807) is 12.3 Å². The van der Waals surface area contributed by atoms with E-state index in [0.29, 0.717) is 5.56 Å². The summed E-state index contributed by atoms with van der Waals surface area (Å²) in [7, 11) is 1.30. The Bertz CT molecular complexity index is 539. The Morgan fingerprint density at radius 3 is 3.06 bits per heavy atom. The second kappa shape index (κ2) is 4.93. The SMILES string of the molecule is COC(=O)C[C@@H](O)c1ccc2ncccc2c1. The quantitative estimate of drug-likeness (QED) is 0.819. The van der Waals surface area contributed by atoms with E-state index in [0.717, 1.165) is 10.9 Å². The van der Waals surface area contributed by atoms with Crippen molar-refractivity contribution in [1.29, 1.82) is 0 Å². The zero-order valence-electron chi connectivity index (χ0n) is 9.46. The van der Waals surface area contributed by atoms with E-state index in [-0.39, 0.29) is 6.42 Å². The van der Waals surface area contributed by atoms with Gasteiger partial charge in [0, 0.05) is 11.6 Å². The Morgan fingerprint density at radius 1 is 1.47 bits per heavy atom. The normalized spacial score (nSPS) is 12.4. The van der Waals surface area contributed by atoms with Crippen LogP contribution in [0.4, 0.5) is 0 Å². The number of carbonyl (C=O) groups excluding carboxylic acids is 1. The first-order valence-electron chi connectivity index (χ1n) is 5.30. The fraction of sp³-hybridized carbons (Fsp3) is 0.231. The molecule has 1 atom stereocenters. The number of carbonyl (C=O) groups is 1. The van der Waals surface area contributed by atoms with Crippen LogP contribution in [-0.2, 0) is 9.53 Å². The zero-order chi connectivity index (χ0) is 12.3. The molecule has 17 heavy (non-hydrogen) atoms. The Balaban J connectivity index is 2.26. The number of esters is 1. The van der Waals surface area contributed by atoms with Crippen LogP contribution in [0, 0.1) is 0 Å². The van der Waals surface area contributed by atoms with Crippen LogP contribution in [0.5, 0.6) is 0 Å². The highest BCUT2D eigenvalue weighted by Crippen LogP contribution is 2.21.